The van der Waals surface area contributed by atoms with Crippen LogP contribution in [-0.2, 0) is 11.2 Å². The summed E-state index contributed by atoms with van der Waals surface area (Å²) < 4.78 is 0. The quantitative estimate of drug-likeness (QED) is 0.874. The fourth-order valence-corrected chi connectivity index (χ4v) is 5.36. The maximum Gasteiger partial charge on any atom is 0.255 e. The van der Waals surface area contributed by atoms with E-state index in [1.54, 1.807) is 0 Å². The summed E-state index contributed by atoms with van der Waals surface area (Å²) in [6.07, 6.45) is 9.39. The molecule has 1 heterocycles. The van der Waals surface area contributed by atoms with Gasteiger partial charge in [0.2, 0.25) is 5.91 Å². The van der Waals surface area contributed by atoms with Crippen molar-refractivity contribution in [1.82, 2.24) is 10.2 Å². The zero-order valence-electron chi connectivity index (χ0n) is 16.7. The van der Waals surface area contributed by atoms with Gasteiger partial charge in [-0.25, -0.2) is 0 Å². The lowest BCUT2D eigenvalue weighted by atomic mass is 9.80. The largest absolute Gasteiger partial charge is 0.351 e. The van der Waals surface area contributed by atoms with E-state index in [9.17, 15) is 9.59 Å². The summed E-state index contributed by atoms with van der Waals surface area (Å²) in [5.74, 6) is 0.835. The number of benzene rings is 1. The first kappa shape index (κ1) is 18.5. The summed E-state index contributed by atoms with van der Waals surface area (Å²) in [5.41, 5.74) is 0.997. The molecule has 0 aromatic heterocycles. The van der Waals surface area contributed by atoms with Gasteiger partial charge in [0.05, 0.1) is 0 Å². The number of hydrogen-bond acceptors (Lipinski definition) is 2. The molecule has 3 aliphatic rings. The minimum atomic E-state index is -0.788. The zero-order valence-corrected chi connectivity index (χ0v) is 16.7. The van der Waals surface area contributed by atoms with Crippen LogP contribution in [0.4, 0.5) is 0 Å². The Morgan fingerprint density at radius 3 is 2.44 bits per heavy atom. The molecule has 4 nitrogen and oxygen atoms in total. The molecule has 1 aromatic carbocycles. The van der Waals surface area contributed by atoms with Crippen molar-refractivity contribution in [2.24, 2.45) is 5.92 Å². The van der Waals surface area contributed by atoms with Crippen LogP contribution < -0.4 is 5.32 Å². The summed E-state index contributed by atoms with van der Waals surface area (Å²) >= 11 is 0. The van der Waals surface area contributed by atoms with Gasteiger partial charge >= 0.3 is 0 Å². The standard InChI is InChI=1S/C23H32N2O2/c1-16-11-13-18(14-12-16)24-22(27)23(2)15-17-7-3-6-10-20(17)21(26)25(23)19-8-4-5-9-19/h3,6-7,10,16,18-19H,4-5,8-9,11-15H2,1-2H3,(H,24,27). The summed E-state index contributed by atoms with van der Waals surface area (Å²) in [4.78, 5) is 28.8. The Bertz CT molecular complexity index is 717. The van der Waals surface area contributed by atoms with Gasteiger partial charge in [0.15, 0.2) is 0 Å². The number of carbonyl (C=O) groups is 2. The normalized spacial score (nSPS) is 31.6. The van der Waals surface area contributed by atoms with Crippen molar-refractivity contribution in [3.63, 3.8) is 0 Å². The molecule has 0 saturated heterocycles. The number of rotatable bonds is 3. The number of nitrogens with one attached hydrogen (secondary N) is 1. The van der Waals surface area contributed by atoms with E-state index < -0.39 is 5.54 Å². The van der Waals surface area contributed by atoms with Crippen LogP contribution in [0, 0.1) is 5.92 Å². The Morgan fingerprint density at radius 1 is 1.07 bits per heavy atom. The van der Waals surface area contributed by atoms with Gasteiger partial charge in [-0.15, -0.1) is 0 Å². The van der Waals surface area contributed by atoms with Gasteiger partial charge in [0.1, 0.15) is 5.54 Å². The molecule has 1 atom stereocenters. The second-order valence-corrected chi connectivity index (χ2v) is 9.15. The van der Waals surface area contributed by atoms with Gasteiger partial charge in [-0.3, -0.25) is 9.59 Å². The lowest BCUT2D eigenvalue weighted by Crippen LogP contribution is -2.66. The van der Waals surface area contributed by atoms with Crippen LogP contribution in [0.15, 0.2) is 24.3 Å². The molecule has 2 amide bonds. The second kappa shape index (κ2) is 7.29. The van der Waals surface area contributed by atoms with Crippen LogP contribution in [0.2, 0.25) is 0 Å². The van der Waals surface area contributed by atoms with Crippen molar-refractivity contribution in [3.8, 4) is 0 Å². The third-order valence-corrected chi connectivity index (χ3v) is 7.06. The minimum absolute atomic E-state index is 0.0387. The molecule has 146 valence electrons. The lowest BCUT2D eigenvalue weighted by Gasteiger charge is -2.47. The first-order chi connectivity index (χ1) is 13.0. The maximum atomic E-state index is 13.5. The first-order valence-electron chi connectivity index (χ1n) is 10.7. The molecule has 4 heteroatoms. The number of hydrogen-bond donors (Lipinski definition) is 1. The van der Waals surface area contributed by atoms with Crippen molar-refractivity contribution in [1.29, 1.82) is 0 Å². The molecule has 2 aliphatic carbocycles. The Balaban J connectivity index is 1.62. The first-order valence-corrected chi connectivity index (χ1v) is 10.7. The van der Waals surface area contributed by atoms with E-state index in [1.165, 1.54) is 12.8 Å². The molecule has 0 radical (unpaired) electrons. The number of fused-ring (bicyclic) bond motifs is 1. The average Bonchev–Trinajstić information content (AvgIpc) is 3.17. The molecule has 1 aliphatic heterocycles. The average molecular weight is 369 g/mol. The van der Waals surface area contributed by atoms with E-state index in [2.05, 4.69) is 12.2 Å². The van der Waals surface area contributed by atoms with E-state index in [0.29, 0.717) is 6.42 Å². The smallest absolute Gasteiger partial charge is 0.255 e. The summed E-state index contributed by atoms with van der Waals surface area (Å²) in [6, 6.07) is 8.26. The van der Waals surface area contributed by atoms with E-state index in [4.69, 9.17) is 0 Å². The highest BCUT2D eigenvalue weighted by Gasteiger charge is 2.50. The number of amides is 2. The summed E-state index contributed by atoms with van der Waals surface area (Å²) in [5, 5.41) is 3.32. The van der Waals surface area contributed by atoms with E-state index in [-0.39, 0.29) is 23.9 Å². The molecule has 2 fully saturated rings. The van der Waals surface area contributed by atoms with E-state index >= 15 is 0 Å². The zero-order chi connectivity index (χ0) is 19.0. The predicted molar refractivity (Wildman–Crippen MR) is 107 cm³/mol. The highest BCUT2D eigenvalue weighted by atomic mass is 16.2. The topological polar surface area (TPSA) is 49.4 Å². The molecule has 0 spiro atoms. The molecular weight excluding hydrogens is 336 g/mol. The third kappa shape index (κ3) is 3.39. The monoisotopic (exact) mass is 368 g/mol. The van der Waals surface area contributed by atoms with Crippen LogP contribution in [0.25, 0.3) is 0 Å². The third-order valence-electron chi connectivity index (χ3n) is 7.06. The Kier molecular flexibility index (Phi) is 5.00. The summed E-state index contributed by atoms with van der Waals surface area (Å²) in [6.45, 7) is 4.28. The maximum absolute atomic E-state index is 13.5. The van der Waals surface area contributed by atoms with Crippen LogP contribution in [0.3, 0.4) is 0 Å². The molecule has 27 heavy (non-hydrogen) atoms. The molecule has 1 aromatic rings. The van der Waals surface area contributed by atoms with Gasteiger partial charge in [0.25, 0.3) is 5.91 Å². The fourth-order valence-electron chi connectivity index (χ4n) is 5.36. The highest BCUT2D eigenvalue weighted by molar-refractivity contribution is 6.02. The lowest BCUT2D eigenvalue weighted by molar-refractivity contribution is -0.134. The fraction of sp³-hybridized carbons (Fsp3) is 0.652. The van der Waals surface area contributed by atoms with Crippen molar-refractivity contribution in [2.45, 2.75) is 89.3 Å². The molecule has 4 rings (SSSR count). The van der Waals surface area contributed by atoms with Gasteiger partial charge in [0, 0.05) is 24.1 Å². The molecule has 1 N–H and O–H groups in total. The van der Waals surface area contributed by atoms with Crippen LogP contribution in [-0.4, -0.2) is 34.3 Å². The predicted octanol–water partition coefficient (Wildman–Crippen LogP) is 4.08. The molecule has 1 unspecified atom stereocenters. The van der Waals surface area contributed by atoms with Crippen molar-refractivity contribution < 1.29 is 9.59 Å². The van der Waals surface area contributed by atoms with Crippen LogP contribution >= 0.6 is 0 Å². The second-order valence-electron chi connectivity index (χ2n) is 9.15. The van der Waals surface area contributed by atoms with Gasteiger partial charge in [-0.2, -0.15) is 0 Å². The minimum Gasteiger partial charge on any atom is -0.351 e. The van der Waals surface area contributed by atoms with Gasteiger partial charge in [-0.1, -0.05) is 38.0 Å². The van der Waals surface area contributed by atoms with Crippen molar-refractivity contribution in [2.75, 3.05) is 0 Å². The molecular formula is C23H32N2O2. The van der Waals surface area contributed by atoms with Gasteiger partial charge < -0.3 is 10.2 Å². The highest BCUT2D eigenvalue weighted by Crippen LogP contribution is 2.38. The number of carbonyl (C=O) groups excluding carboxylic acids is 2. The number of nitrogens with zero attached hydrogens (tertiary/aromatic N) is 1. The van der Waals surface area contributed by atoms with E-state index in [0.717, 1.165) is 55.6 Å². The van der Waals surface area contributed by atoms with Crippen molar-refractivity contribution >= 4 is 11.8 Å². The van der Waals surface area contributed by atoms with Crippen molar-refractivity contribution in [3.05, 3.63) is 35.4 Å². The summed E-state index contributed by atoms with van der Waals surface area (Å²) in [7, 11) is 0. The van der Waals surface area contributed by atoms with Crippen LogP contribution in [0.1, 0.15) is 81.1 Å². The SMILES string of the molecule is CC1CCC(NC(=O)C2(C)Cc3ccccc3C(=O)N2C2CCCC2)CC1. The Labute approximate surface area is 162 Å². The van der Waals surface area contributed by atoms with Gasteiger partial charge in [-0.05, 0) is 63.0 Å². The Morgan fingerprint density at radius 2 is 1.74 bits per heavy atom. The molecule has 2 saturated carbocycles. The molecule has 0 bridgehead atoms. The Hall–Kier alpha value is -1.84. The van der Waals surface area contributed by atoms with Crippen LogP contribution in [0.5, 0.6) is 0 Å². The van der Waals surface area contributed by atoms with E-state index in [1.807, 2.05) is 36.1 Å².